The molecular formula is C27H23N5O3S. The smallest absolute Gasteiger partial charge is 0.239 e. The van der Waals surface area contributed by atoms with Crippen molar-refractivity contribution in [2.75, 3.05) is 11.9 Å². The number of pyridine rings is 1. The van der Waals surface area contributed by atoms with Crippen molar-refractivity contribution < 1.29 is 13.5 Å². The zero-order valence-electron chi connectivity index (χ0n) is 19.1. The summed E-state index contributed by atoms with van der Waals surface area (Å²) in [5.74, 6) is 0.499. The van der Waals surface area contributed by atoms with Crippen LogP contribution in [0.25, 0.3) is 33.2 Å². The maximum Gasteiger partial charge on any atom is 0.239 e. The number of aliphatic hydroxyl groups excluding tert-OH is 1. The molecule has 2 aromatic heterocycles. The number of nitrogens with zero attached hydrogens (tertiary/aromatic N) is 3. The number of aromatic nitrogens is 3. The highest BCUT2D eigenvalue weighted by atomic mass is 32.2. The molecule has 8 nitrogen and oxygen atoms in total. The van der Waals surface area contributed by atoms with Crippen molar-refractivity contribution in [2.45, 2.75) is 11.0 Å². The van der Waals surface area contributed by atoms with Crippen molar-refractivity contribution in [1.82, 2.24) is 15.2 Å². The van der Waals surface area contributed by atoms with Crippen LogP contribution in [0, 0.1) is 0 Å². The highest BCUT2D eigenvalue weighted by Crippen LogP contribution is 2.37. The molecule has 36 heavy (non-hydrogen) atoms. The van der Waals surface area contributed by atoms with Gasteiger partial charge in [-0.25, -0.2) is 13.6 Å². The molecule has 3 aromatic carbocycles. The number of aliphatic hydroxyl groups is 1. The Balaban J connectivity index is 1.65. The van der Waals surface area contributed by atoms with Gasteiger partial charge in [0.05, 0.1) is 6.10 Å². The van der Waals surface area contributed by atoms with Gasteiger partial charge in [-0.15, -0.1) is 10.2 Å². The second kappa shape index (κ2) is 9.82. The predicted molar refractivity (Wildman–Crippen MR) is 139 cm³/mol. The van der Waals surface area contributed by atoms with Crippen LogP contribution in [0.2, 0.25) is 0 Å². The Kier molecular flexibility index (Phi) is 6.43. The van der Waals surface area contributed by atoms with Gasteiger partial charge >= 0.3 is 0 Å². The molecule has 0 bridgehead atoms. The quantitative estimate of drug-likeness (QED) is 0.308. The number of hydrogen-bond donors (Lipinski definition) is 3. The van der Waals surface area contributed by atoms with Crippen LogP contribution in [0.1, 0.15) is 11.7 Å². The first kappa shape index (κ1) is 23.6. The van der Waals surface area contributed by atoms with Gasteiger partial charge in [0.2, 0.25) is 10.0 Å². The summed E-state index contributed by atoms with van der Waals surface area (Å²) in [6, 6.07) is 26.5. The molecule has 1 atom stereocenters. The molecule has 2 heterocycles. The fraction of sp³-hybridized carbons (Fsp3) is 0.0741. The molecule has 0 aliphatic rings. The van der Waals surface area contributed by atoms with Crippen LogP contribution in [0.5, 0.6) is 0 Å². The third kappa shape index (κ3) is 4.80. The van der Waals surface area contributed by atoms with Gasteiger partial charge in [-0.3, -0.25) is 4.98 Å². The van der Waals surface area contributed by atoms with E-state index in [1.54, 1.807) is 0 Å². The van der Waals surface area contributed by atoms with E-state index in [2.05, 4.69) is 20.5 Å². The van der Waals surface area contributed by atoms with E-state index < -0.39 is 16.1 Å². The lowest BCUT2D eigenvalue weighted by atomic mass is 9.96. The van der Waals surface area contributed by atoms with Crippen molar-refractivity contribution in [3.8, 4) is 22.4 Å². The average molecular weight is 498 g/mol. The fourth-order valence-corrected chi connectivity index (χ4v) is 4.59. The van der Waals surface area contributed by atoms with Crippen molar-refractivity contribution >= 4 is 26.6 Å². The molecule has 0 saturated carbocycles. The summed E-state index contributed by atoms with van der Waals surface area (Å²) in [6.45, 7) is 0.221. The zero-order chi connectivity index (χ0) is 25.1. The van der Waals surface area contributed by atoms with E-state index in [4.69, 9.17) is 5.14 Å². The van der Waals surface area contributed by atoms with E-state index in [0.29, 0.717) is 17.1 Å². The first-order valence-corrected chi connectivity index (χ1v) is 12.8. The molecule has 5 aromatic rings. The molecule has 180 valence electrons. The predicted octanol–water partition coefficient (Wildman–Crippen LogP) is 4.15. The maximum atomic E-state index is 11.9. The number of primary sulfonamides is 1. The summed E-state index contributed by atoms with van der Waals surface area (Å²) in [7, 11) is -3.94. The summed E-state index contributed by atoms with van der Waals surface area (Å²) in [5, 5.41) is 29.7. The number of benzene rings is 3. The number of nitrogens with two attached hydrogens (primary N) is 1. The van der Waals surface area contributed by atoms with Crippen LogP contribution in [0.15, 0.2) is 102 Å². The number of fused-ring (bicyclic) bond motifs is 1. The molecule has 0 aliphatic carbocycles. The Hall–Kier alpha value is -4.18. The summed E-state index contributed by atoms with van der Waals surface area (Å²) in [6.07, 6.45) is 1.98. The van der Waals surface area contributed by atoms with Gasteiger partial charge < -0.3 is 10.4 Å². The highest BCUT2D eigenvalue weighted by Gasteiger charge is 2.18. The summed E-state index contributed by atoms with van der Waals surface area (Å²) in [4.78, 5) is 3.95. The molecule has 0 spiro atoms. The summed E-state index contributed by atoms with van der Waals surface area (Å²) >= 11 is 0. The summed E-state index contributed by atoms with van der Waals surface area (Å²) in [5.41, 5.74) is 3.62. The molecule has 0 amide bonds. The first-order valence-electron chi connectivity index (χ1n) is 11.2. The van der Waals surface area contributed by atoms with Crippen molar-refractivity contribution in [1.29, 1.82) is 0 Å². The van der Waals surface area contributed by atoms with Crippen molar-refractivity contribution in [2.24, 2.45) is 5.14 Å². The first-order chi connectivity index (χ1) is 17.4. The minimum absolute atomic E-state index is 0.109. The molecule has 0 saturated heterocycles. The second-order valence-corrected chi connectivity index (χ2v) is 9.81. The van der Waals surface area contributed by atoms with Crippen LogP contribution in [0.4, 0.5) is 5.82 Å². The number of rotatable bonds is 7. The van der Waals surface area contributed by atoms with Gasteiger partial charge in [-0.2, -0.15) is 0 Å². The lowest BCUT2D eigenvalue weighted by molar-refractivity contribution is 0.191. The standard InChI is InChI=1S/C27H23N5O3S/c28-36(34,35)21-14-20(15-29-16-21)26-23-13-7-12-22(18-8-3-1-4-9-18)25(23)27(32-31-26)30-17-24(33)19-10-5-2-6-11-19/h1-16,24,33H,17H2,(H,30,32)(H2,28,34,35)/t24-/m0/s1. The van der Waals surface area contributed by atoms with Crippen molar-refractivity contribution in [3.05, 3.63) is 103 Å². The average Bonchev–Trinajstić information content (AvgIpc) is 2.91. The van der Waals surface area contributed by atoms with Gasteiger partial charge in [-0.05, 0) is 22.8 Å². The Bertz CT molecular complexity index is 1630. The fourth-order valence-electron chi connectivity index (χ4n) is 4.09. The molecule has 4 N–H and O–H groups in total. The maximum absolute atomic E-state index is 11.9. The Labute approximate surface area is 208 Å². The van der Waals surface area contributed by atoms with Crippen molar-refractivity contribution in [3.63, 3.8) is 0 Å². The van der Waals surface area contributed by atoms with Gasteiger partial charge in [0, 0.05) is 35.3 Å². The molecule has 0 fully saturated rings. The summed E-state index contributed by atoms with van der Waals surface area (Å²) < 4.78 is 23.8. The molecule has 0 radical (unpaired) electrons. The van der Waals surface area contributed by atoms with Gasteiger partial charge in [0.25, 0.3) is 0 Å². The van der Waals surface area contributed by atoms with Crippen LogP contribution in [-0.2, 0) is 10.0 Å². The van der Waals surface area contributed by atoms with E-state index in [1.165, 1.54) is 18.5 Å². The third-order valence-electron chi connectivity index (χ3n) is 5.85. The SMILES string of the molecule is NS(=O)(=O)c1cncc(-c2nnc(NC[C@H](O)c3ccccc3)c3c(-c4ccccc4)cccc23)c1. The Morgan fingerprint density at radius 2 is 1.58 bits per heavy atom. The minimum atomic E-state index is -3.94. The number of anilines is 1. The zero-order valence-corrected chi connectivity index (χ0v) is 19.9. The number of sulfonamides is 1. The van der Waals surface area contributed by atoms with Gasteiger partial charge in [-0.1, -0.05) is 78.9 Å². The van der Waals surface area contributed by atoms with E-state index in [0.717, 1.165) is 27.5 Å². The van der Waals surface area contributed by atoms with E-state index >= 15 is 0 Å². The van der Waals surface area contributed by atoms with E-state index in [9.17, 15) is 13.5 Å². The highest BCUT2D eigenvalue weighted by molar-refractivity contribution is 7.89. The van der Waals surface area contributed by atoms with Gasteiger partial charge in [0.15, 0.2) is 5.82 Å². The molecular weight excluding hydrogens is 474 g/mol. The van der Waals surface area contributed by atoms with Gasteiger partial charge in [0.1, 0.15) is 10.6 Å². The van der Waals surface area contributed by atoms with Crippen LogP contribution >= 0.6 is 0 Å². The van der Waals surface area contributed by atoms with E-state index in [-0.39, 0.29) is 11.4 Å². The third-order valence-corrected chi connectivity index (χ3v) is 6.73. The number of nitrogens with one attached hydrogen (secondary N) is 1. The van der Waals surface area contributed by atoms with Crippen LogP contribution in [-0.4, -0.2) is 35.3 Å². The largest absolute Gasteiger partial charge is 0.387 e. The van der Waals surface area contributed by atoms with Crippen LogP contribution < -0.4 is 10.5 Å². The molecule has 5 rings (SSSR count). The lowest BCUT2D eigenvalue weighted by Crippen LogP contribution is -2.14. The van der Waals surface area contributed by atoms with Crippen LogP contribution in [0.3, 0.4) is 0 Å². The van der Waals surface area contributed by atoms with E-state index in [1.807, 2.05) is 78.9 Å². The monoisotopic (exact) mass is 497 g/mol. The Morgan fingerprint density at radius 3 is 2.31 bits per heavy atom. The lowest BCUT2D eigenvalue weighted by Gasteiger charge is -2.17. The normalized spacial score (nSPS) is 12.4. The Morgan fingerprint density at radius 1 is 0.861 bits per heavy atom. The molecule has 0 unspecified atom stereocenters. The minimum Gasteiger partial charge on any atom is -0.387 e. The topological polar surface area (TPSA) is 131 Å². The molecule has 0 aliphatic heterocycles. The number of hydrogen-bond acceptors (Lipinski definition) is 7. The molecule has 9 heteroatoms. The second-order valence-electron chi connectivity index (χ2n) is 8.25.